The average molecular weight is 351 g/mol. The van der Waals surface area contributed by atoms with Gasteiger partial charge in [-0.25, -0.2) is 0 Å². The number of hydrogen-bond acceptors (Lipinski definition) is 3. The summed E-state index contributed by atoms with van der Waals surface area (Å²) in [5.41, 5.74) is 8.70. The Kier molecular flexibility index (Phi) is 5.09. The fourth-order valence-corrected chi connectivity index (χ4v) is 3.06. The molecule has 1 heterocycles. The number of nitrogens with two attached hydrogens (primary N) is 1. The fourth-order valence-electron chi connectivity index (χ4n) is 3.06. The molecule has 0 atom stereocenters. The van der Waals surface area contributed by atoms with E-state index in [9.17, 15) is 9.59 Å². The van der Waals surface area contributed by atoms with Crippen LogP contribution in [0, 0.1) is 0 Å². The van der Waals surface area contributed by atoms with Crippen molar-refractivity contribution in [2.75, 3.05) is 16.8 Å². The molecule has 2 aromatic carbocycles. The molecular formula is C21H25N3O2. The lowest BCUT2D eigenvalue weighted by molar-refractivity contribution is -0.120. The van der Waals surface area contributed by atoms with Crippen molar-refractivity contribution in [2.24, 2.45) is 5.73 Å². The molecular weight excluding hydrogens is 326 g/mol. The van der Waals surface area contributed by atoms with E-state index < -0.39 is 5.54 Å². The van der Waals surface area contributed by atoms with E-state index in [-0.39, 0.29) is 11.8 Å². The number of anilines is 2. The first-order valence-corrected chi connectivity index (χ1v) is 8.92. The molecule has 2 aromatic rings. The van der Waals surface area contributed by atoms with Gasteiger partial charge in [0.1, 0.15) is 0 Å². The summed E-state index contributed by atoms with van der Waals surface area (Å²) in [5.74, 6) is -0.150. The first kappa shape index (κ1) is 18.1. The Morgan fingerprint density at radius 1 is 1.12 bits per heavy atom. The Bertz CT molecular complexity index is 807. The van der Waals surface area contributed by atoms with Crippen LogP contribution in [0.15, 0.2) is 48.5 Å². The molecule has 0 fully saturated rings. The van der Waals surface area contributed by atoms with Crippen molar-refractivity contribution in [3.05, 3.63) is 59.7 Å². The first-order chi connectivity index (χ1) is 12.3. The van der Waals surface area contributed by atoms with Crippen molar-refractivity contribution in [2.45, 2.75) is 38.6 Å². The van der Waals surface area contributed by atoms with Crippen LogP contribution in [-0.4, -0.2) is 23.9 Å². The molecule has 0 aromatic heterocycles. The maximum atomic E-state index is 12.8. The largest absolute Gasteiger partial charge is 0.325 e. The molecule has 2 amide bonds. The lowest BCUT2D eigenvalue weighted by Crippen LogP contribution is -2.45. The molecule has 1 aliphatic heterocycles. The molecule has 136 valence electrons. The number of rotatable bonds is 4. The summed E-state index contributed by atoms with van der Waals surface area (Å²) in [7, 11) is 0. The standard InChI is InChI=1S/C21H25N3O2/c1-21(2,22)20(26)23-17-11-9-15(10-12-17)14-19(25)24-13-5-7-16-6-3-4-8-18(16)24/h3-4,6,8-12H,5,7,13-14,22H2,1-2H3,(H,23,26). The number of para-hydroxylation sites is 1. The molecule has 0 radical (unpaired) electrons. The monoisotopic (exact) mass is 351 g/mol. The van der Waals surface area contributed by atoms with Gasteiger partial charge in [-0.3, -0.25) is 9.59 Å². The molecule has 1 aliphatic rings. The van der Waals surface area contributed by atoms with Crippen LogP contribution in [0.3, 0.4) is 0 Å². The smallest absolute Gasteiger partial charge is 0.243 e. The van der Waals surface area contributed by atoms with Crippen LogP contribution in [0.1, 0.15) is 31.4 Å². The SMILES string of the molecule is CC(C)(N)C(=O)Nc1ccc(CC(=O)N2CCCc3ccccc32)cc1. The van der Waals surface area contributed by atoms with Crippen LogP contribution in [0.4, 0.5) is 11.4 Å². The molecule has 0 aliphatic carbocycles. The second-order valence-corrected chi connectivity index (χ2v) is 7.33. The molecule has 0 bridgehead atoms. The second kappa shape index (κ2) is 7.30. The zero-order valence-corrected chi connectivity index (χ0v) is 15.3. The highest BCUT2D eigenvalue weighted by Crippen LogP contribution is 2.27. The van der Waals surface area contributed by atoms with E-state index in [1.807, 2.05) is 35.2 Å². The summed E-state index contributed by atoms with van der Waals surface area (Å²) in [6.45, 7) is 4.08. The molecule has 26 heavy (non-hydrogen) atoms. The number of hydrogen-bond donors (Lipinski definition) is 2. The minimum absolute atomic E-state index is 0.0945. The summed E-state index contributed by atoms with van der Waals surface area (Å²) >= 11 is 0. The van der Waals surface area contributed by atoms with E-state index in [0.29, 0.717) is 12.1 Å². The number of amides is 2. The van der Waals surface area contributed by atoms with Crippen LogP contribution in [0.25, 0.3) is 0 Å². The number of benzene rings is 2. The summed E-state index contributed by atoms with van der Waals surface area (Å²) in [6, 6.07) is 15.4. The summed E-state index contributed by atoms with van der Waals surface area (Å²) < 4.78 is 0. The molecule has 0 saturated heterocycles. The van der Waals surface area contributed by atoms with E-state index in [4.69, 9.17) is 5.73 Å². The van der Waals surface area contributed by atoms with Crippen molar-refractivity contribution in [3.63, 3.8) is 0 Å². The van der Waals surface area contributed by atoms with Gasteiger partial charge in [0.2, 0.25) is 11.8 Å². The minimum Gasteiger partial charge on any atom is -0.325 e. The molecule has 5 heteroatoms. The van der Waals surface area contributed by atoms with E-state index in [0.717, 1.165) is 30.6 Å². The van der Waals surface area contributed by atoms with Crippen molar-refractivity contribution >= 4 is 23.2 Å². The highest BCUT2D eigenvalue weighted by molar-refractivity contribution is 5.98. The second-order valence-electron chi connectivity index (χ2n) is 7.33. The van der Waals surface area contributed by atoms with Crippen LogP contribution in [-0.2, 0) is 22.4 Å². The van der Waals surface area contributed by atoms with Gasteiger partial charge in [0.05, 0.1) is 12.0 Å². The molecule has 0 unspecified atom stereocenters. The maximum Gasteiger partial charge on any atom is 0.243 e. The van der Waals surface area contributed by atoms with E-state index in [1.165, 1.54) is 5.56 Å². The predicted molar refractivity (Wildman–Crippen MR) is 104 cm³/mol. The molecule has 0 saturated carbocycles. The van der Waals surface area contributed by atoms with Crippen LogP contribution >= 0.6 is 0 Å². The molecule has 5 nitrogen and oxygen atoms in total. The van der Waals surface area contributed by atoms with Gasteiger partial charge in [-0.05, 0) is 56.0 Å². The number of aryl methyl sites for hydroxylation is 1. The minimum atomic E-state index is -0.934. The van der Waals surface area contributed by atoms with Crippen LogP contribution in [0.5, 0.6) is 0 Å². The summed E-state index contributed by atoms with van der Waals surface area (Å²) in [4.78, 5) is 26.6. The van der Waals surface area contributed by atoms with Crippen molar-refractivity contribution < 1.29 is 9.59 Å². The van der Waals surface area contributed by atoms with Gasteiger partial charge in [0.25, 0.3) is 0 Å². The van der Waals surface area contributed by atoms with Gasteiger partial charge in [-0.2, -0.15) is 0 Å². The van der Waals surface area contributed by atoms with Crippen molar-refractivity contribution in [3.8, 4) is 0 Å². The van der Waals surface area contributed by atoms with Gasteiger partial charge >= 0.3 is 0 Å². The lowest BCUT2D eigenvalue weighted by atomic mass is 10.0. The van der Waals surface area contributed by atoms with Crippen LogP contribution < -0.4 is 16.0 Å². The van der Waals surface area contributed by atoms with E-state index in [1.54, 1.807) is 26.0 Å². The lowest BCUT2D eigenvalue weighted by Gasteiger charge is -2.29. The number of carbonyl (C=O) groups excluding carboxylic acids is 2. The third-order valence-electron chi connectivity index (χ3n) is 4.56. The summed E-state index contributed by atoms with van der Waals surface area (Å²) in [5, 5.41) is 2.78. The van der Waals surface area contributed by atoms with Gasteiger partial charge in [-0.1, -0.05) is 30.3 Å². The average Bonchev–Trinajstić information content (AvgIpc) is 2.62. The highest BCUT2D eigenvalue weighted by atomic mass is 16.2. The topological polar surface area (TPSA) is 75.4 Å². The van der Waals surface area contributed by atoms with Crippen molar-refractivity contribution in [1.82, 2.24) is 0 Å². The Labute approximate surface area is 154 Å². The quantitative estimate of drug-likeness (QED) is 0.889. The number of nitrogens with zero attached hydrogens (tertiary/aromatic N) is 1. The first-order valence-electron chi connectivity index (χ1n) is 8.92. The Morgan fingerprint density at radius 3 is 2.50 bits per heavy atom. The fraction of sp³-hybridized carbons (Fsp3) is 0.333. The number of nitrogens with one attached hydrogen (secondary N) is 1. The zero-order chi connectivity index (χ0) is 18.7. The van der Waals surface area contributed by atoms with Gasteiger partial charge < -0.3 is 16.0 Å². The van der Waals surface area contributed by atoms with Gasteiger partial charge in [0.15, 0.2) is 0 Å². The predicted octanol–water partition coefficient (Wildman–Crippen LogP) is 2.88. The third-order valence-corrected chi connectivity index (χ3v) is 4.56. The third kappa shape index (κ3) is 4.11. The molecule has 0 spiro atoms. The van der Waals surface area contributed by atoms with E-state index >= 15 is 0 Å². The molecule has 3 N–H and O–H groups in total. The van der Waals surface area contributed by atoms with Crippen molar-refractivity contribution in [1.29, 1.82) is 0 Å². The number of fused-ring (bicyclic) bond motifs is 1. The zero-order valence-electron chi connectivity index (χ0n) is 15.3. The maximum absolute atomic E-state index is 12.8. The van der Waals surface area contributed by atoms with Crippen LogP contribution in [0.2, 0.25) is 0 Å². The Hall–Kier alpha value is -2.66. The van der Waals surface area contributed by atoms with E-state index in [2.05, 4.69) is 11.4 Å². The van der Waals surface area contributed by atoms with Gasteiger partial charge in [-0.15, -0.1) is 0 Å². The summed E-state index contributed by atoms with van der Waals surface area (Å²) in [6.07, 6.45) is 2.35. The Morgan fingerprint density at radius 2 is 1.81 bits per heavy atom. The normalized spacial score (nSPS) is 13.9. The highest BCUT2D eigenvalue weighted by Gasteiger charge is 2.23. The Balaban J connectivity index is 1.67. The molecule has 3 rings (SSSR count). The number of carbonyl (C=O) groups is 2. The van der Waals surface area contributed by atoms with Gasteiger partial charge in [0, 0.05) is 17.9 Å².